The van der Waals surface area contributed by atoms with Gasteiger partial charge in [0.1, 0.15) is 11.8 Å². The first-order chi connectivity index (χ1) is 5.35. The van der Waals surface area contributed by atoms with Crippen LogP contribution in [0.5, 0.6) is 0 Å². The van der Waals surface area contributed by atoms with Gasteiger partial charge in [-0.3, -0.25) is 4.99 Å². The summed E-state index contributed by atoms with van der Waals surface area (Å²) < 4.78 is 0. The van der Waals surface area contributed by atoms with Crippen LogP contribution < -0.4 is 0 Å². The van der Waals surface area contributed by atoms with Gasteiger partial charge in [0.2, 0.25) is 0 Å². The van der Waals surface area contributed by atoms with Gasteiger partial charge in [0.05, 0.1) is 0 Å². The summed E-state index contributed by atoms with van der Waals surface area (Å²) in [5.41, 5.74) is 0.411. The van der Waals surface area contributed by atoms with Crippen LogP contribution in [0.2, 0.25) is 0 Å². The van der Waals surface area contributed by atoms with E-state index in [4.69, 9.17) is 5.26 Å². The van der Waals surface area contributed by atoms with Crippen LogP contribution in [0.25, 0.3) is 0 Å². The van der Waals surface area contributed by atoms with Gasteiger partial charge in [-0.25, -0.2) is 0 Å². The molecule has 0 saturated heterocycles. The normalized spacial score (nSPS) is 10.3. The van der Waals surface area contributed by atoms with Crippen molar-refractivity contribution in [2.24, 2.45) is 4.99 Å². The van der Waals surface area contributed by atoms with Crippen LogP contribution >= 0.6 is 0 Å². The third-order valence-corrected chi connectivity index (χ3v) is 1.16. The molecule has 58 valence electrons. The minimum Gasteiger partial charge on any atom is -0.274 e. The summed E-state index contributed by atoms with van der Waals surface area (Å²) in [6.45, 7) is 7.72. The van der Waals surface area contributed by atoms with E-state index < -0.39 is 0 Å². The Hall–Kier alpha value is -1.36. The Morgan fingerprint density at radius 2 is 2.27 bits per heavy atom. The van der Waals surface area contributed by atoms with Crippen LogP contribution in [0.4, 0.5) is 0 Å². The Morgan fingerprint density at radius 1 is 1.55 bits per heavy atom. The third kappa shape index (κ3) is 5.10. The molecule has 2 heteroatoms. The monoisotopic (exact) mass is 148 g/mol. The van der Waals surface area contributed by atoms with Crippen LogP contribution in [0.15, 0.2) is 30.3 Å². The molecule has 0 aliphatic carbocycles. The largest absolute Gasteiger partial charge is 0.274 e. The predicted molar refractivity (Wildman–Crippen MR) is 47.5 cm³/mol. The molecule has 0 aromatic heterocycles. The lowest BCUT2D eigenvalue weighted by atomic mass is 10.3. The van der Waals surface area contributed by atoms with Gasteiger partial charge in [-0.05, 0) is 18.9 Å². The Labute approximate surface area is 67.6 Å². The zero-order valence-electron chi connectivity index (χ0n) is 6.58. The molecule has 0 bridgehead atoms. The molecule has 0 spiro atoms. The topological polar surface area (TPSA) is 36.1 Å². The van der Waals surface area contributed by atoms with Gasteiger partial charge in [-0.15, -0.1) is 6.58 Å². The molecule has 0 N–H and O–H groups in total. The van der Waals surface area contributed by atoms with E-state index in [9.17, 15) is 0 Å². The molecular weight excluding hydrogens is 136 g/mol. The Bertz CT molecular complexity index is 196. The summed E-state index contributed by atoms with van der Waals surface area (Å²) >= 11 is 0. The first kappa shape index (κ1) is 9.64. The number of hydrogen-bond acceptors (Lipinski definition) is 2. The van der Waals surface area contributed by atoms with Gasteiger partial charge < -0.3 is 0 Å². The molecule has 0 radical (unpaired) electrons. The number of rotatable bonds is 5. The first-order valence-electron chi connectivity index (χ1n) is 3.53. The third-order valence-electron chi connectivity index (χ3n) is 1.16. The molecule has 0 amide bonds. The minimum absolute atomic E-state index is 0.411. The lowest BCUT2D eigenvalue weighted by Crippen LogP contribution is -1.89. The predicted octanol–water partition coefficient (Wildman–Crippen LogP) is 2.10. The van der Waals surface area contributed by atoms with Crippen LogP contribution in [0.1, 0.15) is 12.8 Å². The van der Waals surface area contributed by atoms with Crippen molar-refractivity contribution in [3.05, 3.63) is 25.3 Å². The van der Waals surface area contributed by atoms with E-state index in [1.54, 1.807) is 0 Å². The molecular formula is C9H12N2. The number of hydrogen-bond donors (Lipinski definition) is 0. The summed E-state index contributed by atoms with van der Waals surface area (Å²) in [7, 11) is 0. The van der Waals surface area contributed by atoms with Gasteiger partial charge >= 0.3 is 0 Å². The molecule has 2 nitrogen and oxygen atoms in total. The summed E-state index contributed by atoms with van der Waals surface area (Å²) in [4.78, 5) is 3.99. The number of allylic oxidation sites excluding steroid dienone is 2. The van der Waals surface area contributed by atoms with Crippen molar-refractivity contribution in [3.63, 3.8) is 0 Å². The average molecular weight is 148 g/mol. The van der Waals surface area contributed by atoms with Crippen LogP contribution in [0.3, 0.4) is 0 Å². The van der Waals surface area contributed by atoms with Crippen LogP contribution in [0, 0.1) is 11.3 Å². The SMILES string of the molecule is C=CCCCN=C(C#N)C=C. The molecule has 0 aromatic carbocycles. The number of nitriles is 1. The van der Waals surface area contributed by atoms with Crippen LogP contribution in [-0.4, -0.2) is 12.3 Å². The highest BCUT2D eigenvalue weighted by molar-refractivity contribution is 6.06. The van der Waals surface area contributed by atoms with Crippen molar-refractivity contribution < 1.29 is 0 Å². The molecule has 11 heavy (non-hydrogen) atoms. The minimum atomic E-state index is 0.411. The maximum absolute atomic E-state index is 8.41. The van der Waals surface area contributed by atoms with E-state index in [-0.39, 0.29) is 0 Å². The number of unbranched alkanes of at least 4 members (excludes halogenated alkanes) is 1. The van der Waals surface area contributed by atoms with Gasteiger partial charge in [0, 0.05) is 6.54 Å². The average Bonchev–Trinajstić information content (AvgIpc) is 2.05. The zero-order valence-corrected chi connectivity index (χ0v) is 6.58. The first-order valence-corrected chi connectivity index (χ1v) is 3.53. The van der Waals surface area contributed by atoms with Gasteiger partial charge in [-0.2, -0.15) is 5.26 Å². The highest BCUT2D eigenvalue weighted by atomic mass is 14.7. The van der Waals surface area contributed by atoms with Crippen molar-refractivity contribution >= 4 is 5.71 Å². The van der Waals surface area contributed by atoms with Crippen molar-refractivity contribution in [1.29, 1.82) is 5.26 Å². The van der Waals surface area contributed by atoms with Crippen LogP contribution in [-0.2, 0) is 0 Å². The molecule has 0 heterocycles. The van der Waals surface area contributed by atoms with E-state index in [1.807, 2.05) is 12.1 Å². The molecule has 0 atom stereocenters. The van der Waals surface area contributed by atoms with Crippen molar-refractivity contribution in [2.45, 2.75) is 12.8 Å². The Morgan fingerprint density at radius 3 is 2.73 bits per heavy atom. The summed E-state index contributed by atoms with van der Waals surface area (Å²) in [5.74, 6) is 0. The van der Waals surface area contributed by atoms with E-state index >= 15 is 0 Å². The Kier molecular flexibility index (Phi) is 5.92. The van der Waals surface area contributed by atoms with Crippen molar-refractivity contribution in [3.8, 4) is 6.07 Å². The molecule has 0 rings (SSSR count). The highest BCUT2D eigenvalue weighted by Crippen LogP contribution is 1.90. The van der Waals surface area contributed by atoms with Gasteiger partial charge in [-0.1, -0.05) is 12.7 Å². The molecule has 0 aliphatic heterocycles. The van der Waals surface area contributed by atoms with Crippen molar-refractivity contribution in [2.75, 3.05) is 6.54 Å². The fraction of sp³-hybridized carbons (Fsp3) is 0.333. The quantitative estimate of drug-likeness (QED) is 0.334. The van der Waals surface area contributed by atoms with E-state index in [2.05, 4.69) is 18.2 Å². The standard InChI is InChI=1S/C9H12N2/c1-3-5-6-7-11-9(4-2)8-10/h3-4H,1-2,5-7H2. The maximum atomic E-state index is 8.41. The molecule has 0 saturated carbocycles. The number of nitrogens with zero attached hydrogens (tertiary/aromatic N) is 2. The smallest absolute Gasteiger partial charge is 0.134 e. The van der Waals surface area contributed by atoms with Gasteiger partial charge in [0.25, 0.3) is 0 Å². The second kappa shape index (κ2) is 6.76. The van der Waals surface area contributed by atoms with Crippen molar-refractivity contribution in [1.82, 2.24) is 0 Å². The maximum Gasteiger partial charge on any atom is 0.134 e. The molecule has 0 aromatic rings. The lowest BCUT2D eigenvalue weighted by Gasteiger charge is -1.89. The lowest BCUT2D eigenvalue weighted by molar-refractivity contribution is 0.858. The van der Waals surface area contributed by atoms with E-state index in [0.29, 0.717) is 12.3 Å². The summed E-state index contributed by atoms with van der Waals surface area (Å²) in [5, 5.41) is 8.41. The Balaban J connectivity index is 3.63. The summed E-state index contributed by atoms with van der Waals surface area (Å²) in [6.07, 6.45) is 5.20. The highest BCUT2D eigenvalue weighted by Gasteiger charge is 1.86. The molecule has 0 fully saturated rings. The van der Waals surface area contributed by atoms with Gasteiger partial charge in [0.15, 0.2) is 0 Å². The molecule has 0 unspecified atom stereocenters. The fourth-order valence-corrected chi connectivity index (χ4v) is 0.581. The molecule has 0 aliphatic rings. The fourth-order valence-electron chi connectivity index (χ4n) is 0.581. The summed E-state index contributed by atoms with van der Waals surface area (Å²) in [6, 6.07) is 1.93. The zero-order chi connectivity index (χ0) is 8.53. The second-order valence-electron chi connectivity index (χ2n) is 2.01. The second-order valence-corrected chi connectivity index (χ2v) is 2.01. The number of aliphatic imine (C=N–C) groups is 1. The van der Waals surface area contributed by atoms with E-state index in [1.165, 1.54) is 6.08 Å². The van der Waals surface area contributed by atoms with E-state index in [0.717, 1.165) is 12.8 Å².